The van der Waals surface area contributed by atoms with Crippen LogP contribution in [0.15, 0.2) is 107 Å². The van der Waals surface area contributed by atoms with Crippen molar-refractivity contribution in [2.24, 2.45) is 0 Å². The van der Waals surface area contributed by atoms with Crippen molar-refractivity contribution in [1.82, 2.24) is 4.90 Å². The van der Waals surface area contributed by atoms with Crippen molar-refractivity contribution >= 4 is 38.7 Å². The fraction of sp³-hybridized carbons (Fsp3) is 0.161. The van der Waals surface area contributed by atoms with Crippen molar-refractivity contribution in [2.45, 2.75) is 16.3 Å². The molecule has 0 saturated carbocycles. The Morgan fingerprint density at radius 2 is 1.48 bits per heavy atom. The third-order valence-electron chi connectivity index (χ3n) is 7.61. The van der Waals surface area contributed by atoms with Crippen molar-refractivity contribution in [3.8, 4) is 0 Å². The number of hydrogen-bond donors (Lipinski definition) is 0. The molecule has 1 fully saturated rings. The first-order chi connectivity index (χ1) is 20.2. The van der Waals surface area contributed by atoms with Crippen molar-refractivity contribution < 1.29 is 22.9 Å². The molecule has 2 heterocycles. The molecule has 2 amide bonds. The molecule has 4 aromatic carbocycles. The molecule has 0 aliphatic carbocycles. The van der Waals surface area contributed by atoms with E-state index in [9.17, 15) is 28.1 Å². The van der Waals surface area contributed by atoms with Crippen LogP contribution in [-0.2, 0) is 16.4 Å². The van der Waals surface area contributed by atoms with E-state index >= 15 is 0 Å². The molecule has 10 nitrogen and oxygen atoms in total. The fourth-order valence-electron chi connectivity index (χ4n) is 5.40. The van der Waals surface area contributed by atoms with E-state index in [1.54, 1.807) is 29.2 Å². The van der Waals surface area contributed by atoms with E-state index in [1.165, 1.54) is 47.4 Å². The van der Waals surface area contributed by atoms with E-state index in [4.69, 9.17) is 0 Å². The van der Waals surface area contributed by atoms with Crippen LogP contribution in [0.2, 0.25) is 0 Å². The number of carbonyl (C=O) groups is 2. The zero-order valence-corrected chi connectivity index (χ0v) is 23.2. The van der Waals surface area contributed by atoms with Crippen LogP contribution in [0.1, 0.15) is 26.3 Å². The van der Waals surface area contributed by atoms with Crippen LogP contribution in [0.3, 0.4) is 0 Å². The largest absolute Gasteiger partial charge is 0.368 e. The summed E-state index contributed by atoms with van der Waals surface area (Å²) in [5, 5.41) is 11.0. The lowest BCUT2D eigenvalue weighted by molar-refractivity contribution is -0.384. The molecule has 0 aromatic heterocycles. The minimum absolute atomic E-state index is 0.0145. The number of amides is 2. The minimum Gasteiger partial charge on any atom is -0.368 e. The number of nitrogens with zero attached hydrogens (tertiary/aromatic N) is 4. The number of piperazine rings is 1. The first kappa shape index (κ1) is 27.2. The number of nitro benzene ring substituents is 1. The highest BCUT2D eigenvalue weighted by atomic mass is 32.2. The summed E-state index contributed by atoms with van der Waals surface area (Å²) < 4.78 is 27.5. The lowest BCUT2D eigenvalue weighted by atomic mass is 10.1. The highest BCUT2D eigenvalue weighted by molar-refractivity contribution is 7.91. The van der Waals surface area contributed by atoms with E-state index in [0.717, 1.165) is 11.3 Å². The quantitative estimate of drug-likeness (QED) is 0.250. The normalized spacial score (nSPS) is 15.9. The van der Waals surface area contributed by atoms with Gasteiger partial charge in [0, 0.05) is 49.6 Å². The van der Waals surface area contributed by atoms with Gasteiger partial charge in [0.25, 0.3) is 17.5 Å². The Kier molecular flexibility index (Phi) is 6.95. The van der Waals surface area contributed by atoms with Crippen molar-refractivity contribution in [3.05, 3.63) is 124 Å². The molecular formula is C31H26N4O6S. The van der Waals surface area contributed by atoms with Crippen LogP contribution in [-0.4, -0.2) is 56.2 Å². The van der Waals surface area contributed by atoms with Gasteiger partial charge in [0.05, 0.1) is 32.5 Å². The zero-order chi connectivity index (χ0) is 29.4. The molecule has 1 saturated heterocycles. The number of carbonyl (C=O) groups excluding carboxylic acids is 2. The molecule has 0 radical (unpaired) electrons. The second-order valence-corrected chi connectivity index (χ2v) is 12.0. The molecule has 42 heavy (non-hydrogen) atoms. The Morgan fingerprint density at radius 1 is 0.810 bits per heavy atom. The van der Waals surface area contributed by atoms with Crippen LogP contribution in [0.25, 0.3) is 0 Å². The molecule has 2 aliphatic rings. The van der Waals surface area contributed by atoms with Crippen molar-refractivity contribution in [2.75, 3.05) is 36.0 Å². The summed E-state index contributed by atoms with van der Waals surface area (Å²) in [6, 6.07) is 26.2. The van der Waals surface area contributed by atoms with Gasteiger partial charge in [0.1, 0.15) is 0 Å². The van der Waals surface area contributed by atoms with Crippen LogP contribution < -0.4 is 9.80 Å². The van der Waals surface area contributed by atoms with Gasteiger partial charge in [0.2, 0.25) is 9.84 Å². The third kappa shape index (κ3) is 4.88. The van der Waals surface area contributed by atoms with E-state index in [0.29, 0.717) is 26.2 Å². The number of fused-ring (bicyclic) bond motifs is 2. The monoisotopic (exact) mass is 582 g/mol. The van der Waals surface area contributed by atoms with Gasteiger partial charge < -0.3 is 14.7 Å². The zero-order valence-electron chi connectivity index (χ0n) is 22.4. The molecule has 0 N–H and O–H groups in total. The van der Waals surface area contributed by atoms with Gasteiger partial charge in [-0.05, 0) is 48.0 Å². The molecule has 6 rings (SSSR count). The minimum atomic E-state index is -4.05. The molecule has 11 heteroatoms. The molecule has 0 bridgehead atoms. The first-order valence-electron chi connectivity index (χ1n) is 13.4. The number of benzene rings is 4. The van der Waals surface area contributed by atoms with Crippen molar-refractivity contribution in [1.29, 1.82) is 0 Å². The topological polar surface area (TPSA) is 121 Å². The first-order valence-corrected chi connectivity index (χ1v) is 14.8. The molecule has 0 spiro atoms. The Hall–Kier alpha value is -5.03. The number of sulfone groups is 1. The lowest BCUT2D eigenvalue weighted by Gasteiger charge is -2.36. The summed E-state index contributed by atoms with van der Waals surface area (Å²) in [6.07, 6.45) is 0. The molecule has 212 valence electrons. The smallest absolute Gasteiger partial charge is 0.269 e. The number of rotatable bonds is 5. The van der Waals surface area contributed by atoms with Crippen LogP contribution in [0.4, 0.5) is 17.1 Å². The Morgan fingerprint density at radius 3 is 2.17 bits per heavy atom. The number of nitro groups is 1. The highest BCUT2D eigenvalue weighted by Crippen LogP contribution is 2.38. The van der Waals surface area contributed by atoms with Gasteiger partial charge in [-0.3, -0.25) is 19.7 Å². The SMILES string of the molecule is O=C(c1ccc2c(c1)N(Cc1ccccc1)C(=O)c1ccccc1S2(=O)=O)N1CCN(c2ccc([N+](=O)[O-])cc2)CC1. The lowest BCUT2D eigenvalue weighted by Crippen LogP contribution is -2.48. The Balaban J connectivity index is 1.31. The molecule has 2 aliphatic heterocycles. The van der Waals surface area contributed by atoms with Gasteiger partial charge in [-0.1, -0.05) is 42.5 Å². The van der Waals surface area contributed by atoms with Gasteiger partial charge in [-0.2, -0.15) is 0 Å². The fourth-order valence-corrected chi connectivity index (χ4v) is 7.03. The number of anilines is 2. The Labute approximate surface area is 242 Å². The van der Waals surface area contributed by atoms with Gasteiger partial charge in [0.15, 0.2) is 0 Å². The third-order valence-corrected chi connectivity index (χ3v) is 9.47. The standard InChI is InChI=1S/C31H26N4O6S/c36-30(33-18-16-32(17-19-33)24-11-13-25(14-12-24)35(38)39)23-10-15-29-27(20-23)34(21-22-6-2-1-3-7-22)31(37)26-8-4-5-9-28(26)42(29,40)41/h1-15,20H,16-19,21H2. The second-order valence-electron chi connectivity index (χ2n) is 10.1. The summed E-state index contributed by atoms with van der Waals surface area (Å²) in [5.74, 6) is -0.731. The van der Waals surface area contributed by atoms with E-state index in [1.807, 2.05) is 30.3 Å². The summed E-state index contributed by atoms with van der Waals surface area (Å²) in [5.41, 5.74) is 2.19. The maximum Gasteiger partial charge on any atom is 0.269 e. The van der Waals surface area contributed by atoms with Crippen molar-refractivity contribution in [3.63, 3.8) is 0 Å². The van der Waals surface area contributed by atoms with Crippen LogP contribution >= 0.6 is 0 Å². The number of hydrogen-bond acceptors (Lipinski definition) is 7. The van der Waals surface area contributed by atoms with Gasteiger partial charge >= 0.3 is 0 Å². The Bertz CT molecular complexity index is 1800. The average Bonchev–Trinajstić information content (AvgIpc) is 3.09. The summed E-state index contributed by atoms with van der Waals surface area (Å²) >= 11 is 0. The summed E-state index contributed by atoms with van der Waals surface area (Å²) in [4.78, 5) is 43.1. The summed E-state index contributed by atoms with van der Waals surface area (Å²) in [6.45, 7) is 1.99. The van der Waals surface area contributed by atoms with Crippen LogP contribution in [0, 0.1) is 10.1 Å². The molecule has 0 unspecified atom stereocenters. The number of non-ortho nitro benzene ring substituents is 1. The maximum atomic E-state index is 13.8. The van der Waals surface area contributed by atoms with Gasteiger partial charge in [-0.25, -0.2) is 8.42 Å². The summed E-state index contributed by atoms with van der Waals surface area (Å²) in [7, 11) is -4.05. The van der Waals surface area contributed by atoms with E-state index in [-0.39, 0.29) is 44.7 Å². The highest BCUT2D eigenvalue weighted by Gasteiger charge is 2.36. The molecule has 0 atom stereocenters. The average molecular weight is 583 g/mol. The van der Waals surface area contributed by atoms with Gasteiger partial charge in [-0.15, -0.1) is 0 Å². The van der Waals surface area contributed by atoms with E-state index in [2.05, 4.69) is 4.90 Å². The van der Waals surface area contributed by atoms with Crippen LogP contribution in [0.5, 0.6) is 0 Å². The predicted molar refractivity (Wildman–Crippen MR) is 157 cm³/mol. The predicted octanol–water partition coefficient (Wildman–Crippen LogP) is 4.55. The molecular weight excluding hydrogens is 556 g/mol. The maximum absolute atomic E-state index is 13.8. The second kappa shape index (κ2) is 10.7. The van der Waals surface area contributed by atoms with E-state index < -0.39 is 20.7 Å². The molecule has 4 aromatic rings.